The molecule has 0 fully saturated rings. The van der Waals surface area contributed by atoms with E-state index in [4.69, 9.17) is 4.42 Å². The van der Waals surface area contributed by atoms with Crippen LogP contribution in [0.25, 0.3) is 0 Å². The molecule has 0 radical (unpaired) electrons. The molecule has 3 aromatic rings. The van der Waals surface area contributed by atoms with Gasteiger partial charge < -0.3 is 9.40 Å². The van der Waals surface area contributed by atoms with Gasteiger partial charge in [0.05, 0.1) is 6.42 Å². The molecule has 0 saturated heterocycles. The first kappa shape index (κ1) is 18.1. The number of hydrogen-bond donors (Lipinski definition) is 1. The van der Waals surface area contributed by atoms with Crippen LogP contribution in [0.3, 0.4) is 0 Å². The van der Waals surface area contributed by atoms with Crippen molar-refractivity contribution in [1.82, 2.24) is 19.7 Å². The Balaban J connectivity index is 1.74. The van der Waals surface area contributed by atoms with Crippen molar-refractivity contribution in [1.29, 1.82) is 0 Å². The zero-order valence-corrected chi connectivity index (χ0v) is 14.7. The van der Waals surface area contributed by atoms with Crippen molar-refractivity contribution in [2.45, 2.75) is 24.3 Å². The summed E-state index contributed by atoms with van der Waals surface area (Å²) in [5.41, 5.74) is 0.284. The molecule has 2 heterocycles. The maximum atomic E-state index is 13.2. The van der Waals surface area contributed by atoms with Gasteiger partial charge in [0.25, 0.3) is 10.8 Å². The van der Waals surface area contributed by atoms with Gasteiger partial charge in [-0.2, -0.15) is 0 Å². The van der Waals surface area contributed by atoms with E-state index in [1.54, 1.807) is 6.92 Å². The van der Waals surface area contributed by atoms with Gasteiger partial charge in [-0.1, -0.05) is 11.8 Å². The van der Waals surface area contributed by atoms with Crippen LogP contribution in [0.4, 0.5) is 8.78 Å². The first-order chi connectivity index (χ1) is 12.3. The van der Waals surface area contributed by atoms with Crippen molar-refractivity contribution in [2.75, 3.05) is 0 Å². The molecule has 2 aromatic heterocycles. The van der Waals surface area contributed by atoms with Crippen molar-refractivity contribution in [3.05, 3.63) is 73.4 Å². The second-order valence-electron chi connectivity index (χ2n) is 5.60. The van der Waals surface area contributed by atoms with Crippen molar-refractivity contribution in [2.24, 2.45) is 7.05 Å². The predicted molar refractivity (Wildman–Crippen MR) is 90.1 cm³/mol. The average molecular weight is 380 g/mol. The van der Waals surface area contributed by atoms with Crippen LogP contribution in [-0.2, 0) is 19.2 Å². The van der Waals surface area contributed by atoms with Crippen molar-refractivity contribution in [3.63, 3.8) is 0 Å². The molecule has 0 atom stereocenters. The van der Waals surface area contributed by atoms with Gasteiger partial charge in [0, 0.05) is 30.1 Å². The Morgan fingerprint density at radius 1 is 1.19 bits per heavy atom. The first-order valence-electron chi connectivity index (χ1n) is 7.52. The Morgan fingerprint density at radius 3 is 2.58 bits per heavy atom. The minimum atomic E-state index is -0.656. The molecule has 0 aliphatic carbocycles. The summed E-state index contributed by atoms with van der Waals surface area (Å²) in [6.07, 6.45) is 0.0669. The van der Waals surface area contributed by atoms with E-state index in [0.29, 0.717) is 16.8 Å². The topological polar surface area (TPSA) is 93.8 Å². The van der Waals surface area contributed by atoms with Gasteiger partial charge in [-0.05, 0) is 24.6 Å². The number of halogens is 2. The highest BCUT2D eigenvalue weighted by atomic mass is 32.2. The number of benzene rings is 1. The number of hydrogen-bond acceptors (Lipinski definition) is 6. The Morgan fingerprint density at radius 2 is 1.88 bits per heavy atom. The van der Waals surface area contributed by atoms with Crippen molar-refractivity contribution >= 4 is 11.8 Å². The van der Waals surface area contributed by atoms with E-state index in [0.717, 1.165) is 22.4 Å². The smallest absolute Gasteiger partial charge is 0.328 e. The van der Waals surface area contributed by atoms with Crippen LogP contribution < -0.4 is 11.2 Å². The summed E-state index contributed by atoms with van der Waals surface area (Å²) < 4.78 is 32.8. The van der Waals surface area contributed by atoms with Gasteiger partial charge in [-0.3, -0.25) is 9.36 Å². The van der Waals surface area contributed by atoms with E-state index in [1.807, 2.05) is 0 Å². The molecule has 0 unspecified atom stereocenters. The molecule has 3 rings (SSSR count). The summed E-state index contributed by atoms with van der Waals surface area (Å²) >= 11 is 1.12. The summed E-state index contributed by atoms with van der Waals surface area (Å²) in [5.74, 6) is -0.868. The van der Waals surface area contributed by atoms with Crippen molar-refractivity contribution in [3.8, 4) is 0 Å². The number of aromatic nitrogens is 4. The maximum absolute atomic E-state index is 13.2. The third kappa shape index (κ3) is 3.90. The molecule has 0 amide bonds. The fourth-order valence-corrected chi connectivity index (χ4v) is 3.05. The Kier molecular flexibility index (Phi) is 5.03. The van der Waals surface area contributed by atoms with Gasteiger partial charge >= 0.3 is 5.69 Å². The van der Waals surface area contributed by atoms with E-state index in [9.17, 15) is 18.4 Å². The van der Waals surface area contributed by atoms with Gasteiger partial charge in [0.2, 0.25) is 5.89 Å². The third-order valence-electron chi connectivity index (χ3n) is 3.68. The van der Waals surface area contributed by atoms with Crippen LogP contribution >= 0.6 is 11.8 Å². The van der Waals surface area contributed by atoms with Gasteiger partial charge in [-0.25, -0.2) is 13.6 Å². The van der Waals surface area contributed by atoms with E-state index >= 15 is 0 Å². The van der Waals surface area contributed by atoms with Crippen LogP contribution in [0.15, 0.2) is 37.4 Å². The lowest BCUT2D eigenvalue weighted by molar-refractivity contribution is 0.419. The Bertz CT molecular complexity index is 1050. The molecule has 0 spiro atoms. The van der Waals surface area contributed by atoms with Crippen LogP contribution in [-0.4, -0.2) is 19.7 Å². The Hall–Kier alpha value is -2.75. The molecule has 10 heteroatoms. The van der Waals surface area contributed by atoms with Gasteiger partial charge in [0.15, 0.2) is 0 Å². The highest BCUT2D eigenvalue weighted by Crippen LogP contribution is 2.23. The summed E-state index contributed by atoms with van der Waals surface area (Å²) in [6, 6.07) is 3.24. The van der Waals surface area contributed by atoms with E-state index in [1.165, 1.54) is 19.2 Å². The summed E-state index contributed by atoms with van der Waals surface area (Å²) in [5, 5.41) is 7.93. The van der Waals surface area contributed by atoms with E-state index in [-0.39, 0.29) is 23.3 Å². The van der Waals surface area contributed by atoms with E-state index < -0.39 is 22.9 Å². The summed E-state index contributed by atoms with van der Waals surface area (Å²) in [4.78, 5) is 26.3. The Labute approximate surface area is 150 Å². The molecular formula is C16H14F2N4O3S. The predicted octanol–water partition coefficient (Wildman–Crippen LogP) is 1.93. The zero-order chi connectivity index (χ0) is 18.8. The number of aryl methyl sites for hydroxylation is 1. The monoisotopic (exact) mass is 380 g/mol. The highest BCUT2D eigenvalue weighted by Gasteiger charge is 2.14. The fraction of sp³-hybridized carbons (Fsp3) is 0.250. The van der Waals surface area contributed by atoms with Gasteiger partial charge in [0.1, 0.15) is 11.6 Å². The largest absolute Gasteiger partial charge is 0.416 e. The van der Waals surface area contributed by atoms with Crippen LogP contribution in [0.2, 0.25) is 0 Å². The number of H-pyrrole nitrogens is 1. The van der Waals surface area contributed by atoms with Gasteiger partial charge in [-0.15, -0.1) is 10.2 Å². The normalized spacial score (nSPS) is 11.1. The SMILES string of the molecule is Cc1[nH]c(=O)n(C)c(=O)c1Cc1nnc(SCc2cc(F)cc(F)c2)o1. The molecule has 7 nitrogen and oxygen atoms in total. The second kappa shape index (κ2) is 7.24. The maximum Gasteiger partial charge on any atom is 0.328 e. The standard InChI is InChI=1S/C16H14F2N4O3S/c1-8-12(14(23)22(2)15(24)19-8)6-13-20-21-16(25-13)26-7-9-3-10(17)5-11(18)4-9/h3-5H,6-7H2,1-2H3,(H,19,24). The quantitative estimate of drug-likeness (QED) is 0.680. The minimum Gasteiger partial charge on any atom is -0.416 e. The average Bonchev–Trinajstić information content (AvgIpc) is 3.02. The first-order valence-corrected chi connectivity index (χ1v) is 8.51. The third-order valence-corrected chi connectivity index (χ3v) is 4.57. The molecule has 1 N–H and O–H groups in total. The highest BCUT2D eigenvalue weighted by molar-refractivity contribution is 7.98. The zero-order valence-electron chi connectivity index (χ0n) is 13.9. The number of nitrogens with zero attached hydrogens (tertiary/aromatic N) is 3. The summed E-state index contributed by atoms with van der Waals surface area (Å²) in [7, 11) is 1.37. The number of aromatic amines is 1. The molecule has 0 bridgehead atoms. The lowest BCUT2D eigenvalue weighted by Crippen LogP contribution is -2.36. The lowest BCUT2D eigenvalue weighted by Gasteiger charge is -2.04. The number of nitrogens with one attached hydrogen (secondary N) is 1. The minimum absolute atomic E-state index is 0.0669. The molecule has 0 aliphatic rings. The van der Waals surface area contributed by atoms with E-state index in [2.05, 4.69) is 15.2 Å². The number of rotatable bonds is 5. The summed E-state index contributed by atoms with van der Waals surface area (Å²) in [6.45, 7) is 1.61. The molecular weight excluding hydrogens is 366 g/mol. The lowest BCUT2D eigenvalue weighted by atomic mass is 10.2. The number of thioether (sulfide) groups is 1. The van der Waals surface area contributed by atoms with Crippen LogP contribution in [0.1, 0.15) is 22.7 Å². The second-order valence-corrected chi connectivity index (χ2v) is 6.53. The van der Waals surface area contributed by atoms with Crippen LogP contribution in [0, 0.1) is 18.6 Å². The molecule has 0 saturated carbocycles. The van der Waals surface area contributed by atoms with Crippen LogP contribution in [0.5, 0.6) is 0 Å². The van der Waals surface area contributed by atoms with Crippen molar-refractivity contribution < 1.29 is 13.2 Å². The molecule has 136 valence electrons. The fourth-order valence-electron chi connectivity index (χ4n) is 2.34. The molecule has 0 aliphatic heterocycles. The molecule has 26 heavy (non-hydrogen) atoms. The molecule has 1 aromatic carbocycles.